The molecule has 1 heterocycles. The fraction of sp³-hybridized carbons (Fsp3) is 0.160. The molecule has 0 spiro atoms. The Bertz CT molecular complexity index is 1080. The molecule has 3 aromatic rings. The molecule has 0 bridgehead atoms. The van der Waals surface area contributed by atoms with E-state index in [2.05, 4.69) is 58.5 Å². The predicted molar refractivity (Wildman–Crippen MR) is 123 cm³/mol. The van der Waals surface area contributed by atoms with Crippen LogP contribution in [0.15, 0.2) is 76.7 Å². The lowest BCUT2D eigenvalue weighted by atomic mass is 10.0. The molecule has 3 heteroatoms. The van der Waals surface area contributed by atoms with Crippen molar-refractivity contribution in [1.82, 2.24) is 4.98 Å². The van der Waals surface area contributed by atoms with Gasteiger partial charge in [0, 0.05) is 17.8 Å². The molecule has 0 aliphatic heterocycles. The highest BCUT2D eigenvalue weighted by molar-refractivity contribution is 5.86. The number of rotatable bonds is 5. The van der Waals surface area contributed by atoms with Crippen molar-refractivity contribution in [2.45, 2.75) is 27.7 Å². The van der Waals surface area contributed by atoms with Gasteiger partial charge in [0.25, 0.3) is 0 Å². The molecule has 2 aromatic carbocycles. The van der Waals surface area contributed by atoms with Crippen LogP contribution < -0.4 is 0 Å². The fourth-order valence-electron chi connectivity index (χ4n) is 3.16. The first-order valence-corrected chi connectivity index (χ1v) is 9.52. The van der Waals surface area contributed by atoms with Crippen LogP contribution in [0.4, 0.5) is 0 Å². The average molecular weight is 367 g/mol. The second kappa shape index (κ2) is 9.05. The Morgan fingerprint density at radius 1 is 0.714 bits per heavy atom. The maximum atomic E-state index is 4.76. The summed E-state index contributed by atoms with van der Waals surface area (Å²) in [4.78, 5) is 13.6. The van der Waals surface area contributed by atoms with Crippen LogP contribution in [0.25, 0.3) is 33.4 Å². The van der Waals surface area contributed by atoms with Gasteiger partial charge in [-0.1, -0.05) is 48.6 Å². The SMILES string of the molecule is CC=NC(=CC)c1ccc(-c2ccc3nc(/C(=C/C)N=CC)ccc3c2)cc1. The molecule has 0 N–H and O–H groups in total. The molecular formula is C25H25N3. The van der Waals surface area contributed by atoms with Gasteiger partial charge in [-0.05, 0) is 62.6 Å². The third-order valence-corrected chi connectivity index (χ3v) is 4.55. The third kappa shape index (κ3) is 4.15. The molecule has 1 aromatic heterocycles. The Balaban J connectivity index is 1.94. The largest absolute Gasteiger partial charge is 0.261 e. The highest BCUT2D eigenvalue weighted by Gasteiger charge is 2.05. The Hall–Kier alpha value is -3.33. The van der Waals surface area contributed by atoms with Crippen molar-refractivity contribution in [3.63, 3.8) is 0 Å². The predicted octanol–water partition coefficient (Wildman–Crippen LogP) is 6.80. The highest BCUT2D eigenvalue weighted by Crippen LogP contribution is 2.27. The van der Waals surface area contributed by atoms with Gasteiger partial charge in [-0.15, -0.1) is 0 Å². The summed E-state index contributed by atoms with van der Waals surface area (Å²) in [5, 5.41) is 1.12. The van der Waals surface area contributed by atoms with Gasteiger partial charge in [0.2, 0.25) is 0 Å². The lowest BCUT2D eigenvalue weighted by molar-refractivity contribution is 1.31. The van der Waals surface area contributed by atoms with Crippen LogP contribution in [0.5, 0.6) is 0 Å². The molecule has 28 heavy (non-hydrogen) atoms. The number of hydrogen-bond donors (Lipinski definition) is 0. The number of allylic oxidation sites excluding steroid dienone is 2. The maximum Gasteiger partial charge on any atom is 0.0890 e. The van der Waals surface area contributed by atoms with Gasteiger partial charge in [-0.2, -0.15) is 0 Å². The van der Waals surface area contributed by atoms with Gasteiger partial charge >= 0.3 is 0 Å². The zero-order valence-corrected chi connectivity index (χ0v) is 16.8. The first kappa shape index (κ1) is 19.4. The van der Waals surface area contributed by atoms with Crippen LogP contribution in [0, 0.1) is 0 Å². The molecule has 0 saturated carbocycles. The molecule has 0 aliphatic rings. The first-order chi connectivity index (χ1) is 13.7. The minimum Gasteiger partial charge on any atom is -0.261 e. The van der Waals surface area contributed by atoms with Crippen molar-refractivity contribution in [2.24, 2.45) is 9.98 Å². The number of aliphatic imine (C=N–C) groups is 2. The average Bonchev–Trinajstić information content (AvgIpc) is 2.75. The number of hydrogen-bond acceptors (Lipinski definition) is 3. The fourth-order valence-corrected chi connectivity index (χ4v) is 3.16. The maximum absolute atomic E-state index is 4.76. The summed E-state index contributed by atoms with van der Waals surface area (Å²) < 4.78 is 0. The van der Waals surface area contributed by atoms with Gasteiger partial charge in [0.15, 0.2) is 0 Å². The summed E-state index contributed by atoms with van der Waals surface area (Å²) in [7, 11) is 0. The van der Waals surface area contributed by atoms with E-state index in [-0.39, 0.29) is 0 Å². The van der Waals surface area contributed by atoms with Gasteiger partial charge in [-0.25, -0.2) is 4.98 Å². The van der Waals surface area contributed by atoms with Crippen LogP contribution in [-0.4, -0.2) is 17.4 Å². The lowest BCUT2D eigenvalue weighted by Gasteiger charge is -2.08. The molecule has 3 nitrogen and oxygen atoms in total. The number of pyridine rings is 1. The minimum atomic E-state index is 0.888. The first-order valence-electron chi connectivity index (χ1n) is 9.52. The van der Waals surface area contributed by atoms with E-state index in [0.29, 0.717) is 0 Å². The van der Waals surface area contributed by atoms with Gasteiger partial charge in [0.1, 0.15) is 0 Å². The summed E-state index contributed by atoms with van der Waals surface area (Å²) in [6, 6.07) is 19.0. The van der Waals surface area contributed by atoms with Crippen LogP contribution in [-0.2, 0) is 0 Å². The number of aromatic nitrogens is 1. The molecule has 3 rings (SSSR count). The quantitative estimate of drug-likeness (QED) is 0.457. The van der Waals surface area contributed by atoms with Crippen molar-refractivity contribution in [1.29, 1.82) is 0 Å². The van der Waals surface area contributed by atoms with E-state index in [9.17, 15) is 0 Å². The Kier molecular flexibility index (Phi) is 6.28. The summed E-state index contributed by atoms with van der Waals surface area (Å²) in [5.74, 6) is 0. The van der Waals surface area contributed by atoms with E-state index >= 15 is 0 Å². The minimum absolute atomic E-state index is 0.888. The third-order valence-electron chi connectivity index (χ3n) is 4.55. The molecule has 0 amide bonds. The Morgan fingerprint density at radius 2 is 1.36 bits per heavy atom. The number of benzene rings is 2. The topological polar surface area (TPSA) is 37.6 Å². The standard InChI is InChI=1S/C25H25N3/c1-5-22(26-7-3)19-11-9-18(10-12-19)20-13-15-24-21(17-20)14-16-25(28-24)23(6-2)27-8-4/h5-17H,1-4H3/b22-5?,23-6-,26-7?,27-8?. The van der Waals surface area contributed by atoms with Crippen molar-refractivity contribution < 1.29 is 0 Å². The molecule has 0 unspecified atom stereocenters. The van der Waals surface area contributed by atoms with E-state index in [1.54, 1.807) is 6.21 Å². The van der Waals surface area contributed by atoms with Crippen molar-refractivity contribution in [3.8, 4) is 11.1 Å². The monoisotopic (exact) mass is 367 g/mol. The van der Waals surface area contributed by atoms with Crippen molar-refractivity contribution in [2.75, 3.05) is 0 Å². The van der Waals surface area contributed by atoms with Crippen LogP contribution >= 0.6 is 0 Å². The van der Waals surface area contributed by atoms with Crippen LogP contribution in [0.3, 0.4) is 0 Å². The lowest BCUT2D eigenvalue weighted by Crippen LogP contribution is -1.89. The van der Waals surface area contributed by atoms with Crippen LogP contribution in [0.1, 0.15) is 39.0 Å². The molecule has 0 radical (unpaired) electrons. The summed E-state index contributed by atoms with van der Waals surface area (Å²) in [5.41, 5.74) is 7.20. The second-order valence-corrected chi connectivity index (χ2v) is 6.30. The van der Waals surface area contributed by atoms with Gasteiger partial charge < -0.3 is 0 Å². The van der Waals surface area contributed by atoms with E-state index in [4.69, 9.17) is 4.98 Å². The zero-order valence-electron chi connectivity index (χ0n) is 16.8. The number of nitrogens with zero attached hydrogens (tertiary/aromatic N) is 3. The normalized spacial score (nSPS) is 13.1. The second-order valence-electron chi connectivity index (χ2n) is 6.30. The smallest absolute Gasteiger partial charge is 0.0890 e. The Labute approximate surface area is 166 Å². The van der Waals surface area contributed by atoms with E-state index in [1.807, 2.05) is 52.1 Å². The summed E-state index contributed by atoms with van der Waals surface area (Å²) >= 11 is 0. The van der Waals surface area contributed by atoms with E-state index in [1.165, 1.54) is 11.1 Å². The highest BCUT2D eigenvalue weighted by atomic mass is 14.8. The van der Waals surface area contributed by atoms with Crippen molar-refractivity contribution in [3.05, 3.63) is 78.0 Å². The summed E-state index contributed by atoms with van der Waals surface area (Å²) in [6.07, 6.45) is 7.61. The molecule has 0 atom stereocenters. The van der Waals surface area contributed by atoms with Gasteiger partial charge in [0.05, 0.1) is 22.6 Å². The molecule has 0 fully saturated rings. The molecule has 140 valence electrons. The molecule has 0 saturated heterocycles. The van der Waals surface area contributed by atoms with E-state index in [0.717, 1.165) is 33.6 Å². The Morgan fingerprint density at radius 3 is 2.00 bits per heavy atom. The van der Waals surface area contributed by atoms with Crippen molar-refractivity contribution >= 4 is 34.7 Å². The zero-order chi connectivity index (χ0) is 19.9. The molecular weight excluding hydrogens is 342 g/mol. The molecule has 0 aliphatic carbocycles. The van der Waals surface area contributed by atoms with Crippen LogP contribution in [0.2, 0.25) is 0 Å². The van der Waals surface area contributed by atoms with Gasteiger partial charge in [-0.3, -0.25) is 9.98 Å². The number of fused-ring (bicyclic) bond motifs is 1. The summed E-state index contributed by atoms with van der Waals surface area (Å²) in [6.45, 7) is 7.83. The van der Waals surface area contributed by atoms with E-state index < -0.39 is 0 Å².